The standard InChI is InChI=1S/C13H12F3NOS/c1-18-9-4-5-12(11(7-9)13(14,15)16)17-8-10-3-2-6-19-10/h2-7,17H,8H2,1H3. The highest BCUT2D eigenvalue weighted by Gasteiger charge is 2.34. The smallest absolute Gasteiger partial charge is 0.418 e. The van der Waals surface area contributed by atoms with E-state index in [1.54, 1.807) is 0 Å². The number of hydrogen-bond donors (Lipinski definition) is 1. The molecule has 1 N–H and O–H groups in total. The molecule has 0 spiro atoms. The minimum absolute atomic E-state index is 0.0571. The number of hydrogen-bond acceptors (Lipinski definition) is 3. The van der Waals surface area contributed by atoms with E-state index in [0.717, 1.165) is 10.9 Å². The first-order valence-electron chi connectivity index (χ1n) is 5.52. The van der Waals surface area contributed by atoms with Gasteiger partial charge in [-0.1, -0.05) is 6.07 Å². The van der Waals surface area contributed by atoms with E-state index in [-0.39, 0.29) is 11.4 Å². The van der Waals surface area contributed by atoms with E-state index >= 15 is 0 Å². The van der Waals surface area contributed by atoms with E-state index in [4.69, 9.17) is 4.74 Å². The molecule has 0 unspecified atom stereocenters. The largest absolute Gasteiger partial charge is 0.497 e. The summed E-state index contributed by atoms with van der Waals surface area (Å²) in [7, 11) is 1.34. The first-order chi connectivity index (χ1) is 9.00. The van der Waals surface area contributed by atoms with E-state index in [2.05, 4.69) is 5.32 Å². The third-order valence-electron chi connectivity index (χ3n) is 2.57. The summed E-state index contributed by atoms with van der Waals surface area (Å²) < 4.78 is 43.6. The Morgan fingerprint density at radius 1 is 1.26 bits per heavy atom. The van der Waals surface area contributed by atoms with E-state index in [9.17, 15) is 13.2 Å². The van der Waals surface area contributed by atoms with Crippen molar-refractivity contribution in [2.24, 2.45) is 0 Å². The van der Waals surface area contributed by atoms with Crippen LogP contribution < -0.4 is 10.1 Å². The van der Waals surface area contributed by atoms with Crippen LogP contribution in [0, 0.1) is 0 Å². The topological polar surface area (TPSA) is 21.3 Å². The van der Waals surface area contributed by atoms with Gasteiger partial charge in [-0.25, -0.2) is 0 Å². The molecule has 0 aliphatic carbocycles. The molecule has 0 atom stereocenters. The summed E-state index contributed by atoms with van der Waals surface area (Å²) in [6.45, 7) is 0.368. The van der Waals surface area contributed by atoms with Crippen molar-refractivity contribution in [2.45, 2.75) is 12.7 Å². The summed E-state index contributed by atoms with van der Waals surface area (Å²) in [5, 5.41) is 4.69. The monoisotopic (exact) mass is 287 g/mol. The molecule has 6 heteroatoms. The van der Waals surface area contributed by atoms with Crippen molar-refractivity contribution in [2.75, 3.05) is 12.4 Å². The van der Waals surface area contributed by atoms with E-state index in [1.807, 2.05) is 17.5 Å². The molecule has 2 aromatic rings. The predicted octanol–water partition coefficient (Wildman–Crippen LogP) is 4.39. The number of methoxy groups -OCH3 is 1. The molecular weight excluding hydrogens is 275 g/mol. The van der Waals surface area contributed by atoms with Gasteiger partial charge in [-0.3, -0.25) is 0 Å². The fourth-order valence-electron chi connectivity index (χ4n) is 1.63. The molecule has 0 aliphatic rings. The molecule has 2 nitrogen and oxygen atoms in total. The Bertz CT molecular complexity index is 537. The minimum atomic E-state index is -4.41. The van der Waals surface area contributed by atoms with Crippen LogP contribution in [0.15, 0.2) is 35.7 Å². The molecular formula is C13H12F3NOS. The zero-order valence-corrected chi connectivity index (χ0v) is 10.9. The molecule has 0 saturated heterocycles. The van der Waals surface area contributed by atoms with Crippen molar-refractivity contribution < 1.29 is 17.9 Å². The Hall–Kier alpha value is -1.69. The van der Waals surface area contributed by atoms with Gasteiger partial charge in [-0.2, -0.15) is 13.2 Å². The lowest BCUT2D eigenvalue weighted by Crippen LogP contribution is -2.10. The second-order valence-electron chi connectivity index (χ2n) is 3.84. The van der Waals surface area contributed by atoms with Gasteiger partial charge in [0.25, 0.3) is 0 Å². The first-order valence-corrected chi connectivity index (χ1v) is 6.40. The fraction of sp³-hybridized carbons (Fsp3) is 0.231. The van der Waals surface area contributed by atoms with Crippen LogP contribution in [0.2, 0.25) is 0 Å². The Morgan fingerprint density at radius 2 is 2.05 bits per heavy atom. The number of benzene rings is 1. The molecule has 102 valence electrons. The Morgan fingerprint density at radius 3 is 2.63 bits per heavy atom. The van der Waals surface area contributed by atoms with Crippen LogP contribution in [0.4, 0.5) is 18.9 Å². The quantitative estimate of drug-likeness (QED) is 0.900. The average molecular weight is 287 g/mol. The number of nitrogens with one attached hydrogen (secondary N) is 1. The average Bonchev–Trinajstić information content (AvgIpc) is 2.88. The van der Waals surface area contributed by atoms with Gasteiger partial charge in [-0.05, 0) is 29.6 Å². The Balaban J connectivity index is 2.23. The highest BCUT2D eigenvalue weighted by molar-refractivity contribution is 7.09. The fourth-order valence-corrected chi connectivity index (χ4v) is 2.28. The van der Waals surface area contributed by atoms with Gasteiger partial charge in [-0.15, -0.1) is 11.3 Å². The van der Waals surface area contributed by atoms with Crippen molar-refractivity contribution in [3.05, 3.63) is 46.2 Å². The summed E-state index contributed by atoms with van der Waals surface area (Å²) in [5.74, 6) is 0.189. The third kappa shape index (κ3) is 3.41. The van der Waals surface area contributed by atoms with Gasteiger partial charge in [0.2, 0.25) is 0 Å². The minimum Gasteiger partial charge on any atom is -0.497 e. The highest BCUT2D eigenvalue weighted by atomic mass is 32.1. The maximum Gasteiger partial charge on any atom is 0.418 e. The van der Waals surface area contributed by atoms with Crippen molar-refractivity contribution in [1.82, 2.24) is 0 Å². The maximum atomic E-state index is 12.9. The lowest BCUT2D eigenvalue weighted by Gasteiger charge is -2.15. The zero-order valence-electron chi connectivity index (χ0n) is 10.1. The molecule has 0 amide bonds. The first kappa shape index (κ1) is 13.7. The Labute approximate surface area is 112 Å². The van der Waals surface area contributed by atoms with E-state index in [1.165, 1.54) is 30.6 Å². The van der Waals surface area contributed by atoms with Crippen LogP contribution in [0.5, 0.6) is 5.75 Å². The van der Waals surface area contributed by atoms with Gasteiger partial charge in [0.1, 0.15) is 5.75 Å². The van der Waals surface area contributed by atoms with Crippen LogP contribution in [0.3, 0.4) is 0 Å². The van der Waals surface area contributed by atoms with Crippen LogP contribution in [-0.2, 0) is 12.7 Å². The van der Waals surface area contributed by atoms with Crippen LogP contribution in [0.25, 0.3) is 0 Å². The number of thiophene rings is 1. The molecule has 0 aliphatic heterocycles. The maximum absolute atomic E-state index is 12.9. The summed E-state index contributed by atoms with van der Waals surface area (Å²) >= 11 is 1.49. The molecule has 1 aromatic heterocycles. The summed E-state index contributed by atoms with van der Waals surface area (Å²) in [6.07, 6.45) is -4.41. The summed E-state index contributed by atoms with van der Waals surface area (Å²) in [4.78, 5) is 0.976. The van der Waals surface area contributed by atoms with Crippen LogP contribution in [0.1, 0.15) is 10.4 Å². The third-order valence-corrected chi connectivity index (χ3v) is 3.44. The van der Waals surface area contributed by atoms with Gasteiger partial charge in [0.15, 0.2) is 0 Å². The predicted molar refractivity (Wildman–Crippen MR) is 69.6 cm³/mol. The number of halogens is 3. The van der Waals surface area contributed by atoms with Crippen LogP contribution >= 0.6 is 11.3 Å². The van der Waals surface area contributed by atoms with Gasteiger partial charge in [0, 0.05) is 17.1 Å². The zero-order chi connectivity index (χ0) is 13.9. The van der Waals surface area contributed by atoms with Gasteiger partial charge in [0.05, 0.1) is 12.7 Å². The highest BCUT2D eigenvalue weighted by Crippen LogP contribution is 2.37. The number of alkyl halides is 3. The number of anilines is 1. The van der Waals surface area contributed by atoms with Crippen molar-refractivity contribution in [3.8, 4) is 5.75 Å². The summed E-state index contributed by atoms with van der Waals surface area (Å²) in [5.41, 5.74) is -0.662. The van der Waals surface area contributed by atoms with Gasteiger partial charge >= 0.3 is 6.18 Å². The SMILES string of the molecule is COc1ccc(NCc2cccs2)c(C(F)(F)F)c1. The lowest BCUT2D eigenvalue weighted by molar-refractivity contribution is -0.137. The molecule has 0 radical (unpaired) electrons. The Kier molecular flexibility index (Phi) is 3.99. The molecule has 1 heterocycles. The van der Waals surface area contributed by atoms with Crippen molar-refractivity contribution >= 4 is 17.0 Å². The van der Waals surface area contributed by atoms with E-state index in [0.29, 0.717) is 6.54 Å². The normalized spacial score (nSPS) is 11.4. The number of ether oxygens (including phenoxy) is 1. The van der Waals surface area contributed by atoms with Crippen molar-refractivity contribution in [1.29, 1.82) is 0 Å². The molecule has 0 fully saturated rings. The second-order valence-corrected chi connectivity index (χ2v) is 4.87. The summed E-state index contributed by atoms with van der Waals surface area (Å²) in [6, 6.07) is 7.62. The van der Waals surface area contributed by atoms with Crippen LogP contribution in [-0.4, -0.2) is 7.11 Å². The number of rotatable bonds is 4. The lowest BCUT2D eigenvalue weighted by atomic mass is 10.1. The molecule has 2 rings (SSSR count). The molecule has 0 saturated carbocycles. The molecule has 19 heavy (non-hydrogen) atoms. The van der Waals surface area contributed by atoms with Crippen molar-refractivity contribution in [3.63, 3.8) is 0 Å². The molecule has 1 aromatic carbocycles. The van der Waals surface area contributed by atoms with Gasteiger partial charge < -0.3 is 10.1 Å². The van der Waals surface area contributed by atoms with E-state index < -0.39 is 11.7 Å². The molecule has 0 bridgehead atoms. The second kappa shape index (κ2) is 5.52.